The molecule has 0 atom stereocenters. The quantitative estimate of drug-likeness (QED) is 0.661. The zero-order valence-corrected chi connectivity index (χ0v) is 9.96. The van der Waals surface area contributed by atoms with E-state index in [2.05, 4.69) is 15.3 Å². The van der Waals surface area contributed by atoms with Crippen LogP contribution in [0.2, 0.25) is 0 Å². The number of halogens is 6. The van der Waals surface area contributed by atoms with Crippen LogP contribution in [0.15, 0.2) is 6.07 Å². The molecule has 0 unspecified atom stereocenters. The Bertz CT molecular complexity index is 432. The predicted molar refractivity (Wildman–Crippen MR) is 58.4 cm³/mol. The highest BCUT2D eigenvalue weighted by atomic mass is 32.2. The lowest BCUT2D eigenvalue weighted by Gasteiger charge is -2.10. The van der Waals surface area contributed by atoms with Crippen LogP contribution in [0.4, 0.5) is 38.1 Å². The molecule has 0 bridgehead atoms. The van der Waals surface area contributed by atoms with Crippen LogP contribution in [0.25, 0.3) is 0 Å². The van der Waals surface area contributed by atoms with Gasteiger partial charge < -0.3 is 11.1 Å². The molecule has 0 aliphatic rings. The molecular weight excluding hydrogens is 298 g/mol. The summed E-state index contributed by atoms with van der Waals surface area (Å²) in [6, 6.07) is 0.578. The first-order valence-electron chi connectivity index (χ1n) is 4.74. The van der Waals surface area contributed by atoms with Gasteiger partial charge in [-0.25, -0.2) is 4.98 Å². The van der Waals surface area contributed by atoms with Crippen molar-refractivity contribution in [3.05, 3.63) is 11.8 Å². The molecule has 0 aliphatic heterocycles. The van der Waals surface area contributed by atoms with E-state index >= 15 is 0 Å². The molecular formula is C8H8F6N4S. The molecule has 1 rings (SSSR count). The Morgan fingerprint density at radius 2 is 1.79 bits per heavy atom. The Labute approximate surface area is 107 Å². The molecule has 0 spiro atoms. The smallest absolute Gasteiger partial charge is 0.369 e. The number of hydrogen-bond acceptors (Lipinski definition) is 5. The first-order chi connectivity index (χ1) is 8.58. The van der Waals surface area contributed by atoms with Gasteiger partial charge in [0.1, 0.15) is 5.82 Å². The van der Waals surface area contributed by atoms with Gasteiger partial charge in [0.15, 0.2) is 5.69 Å². The van der Waals surface area contributed by atoms with E-state index in [4.69, 9.17) is 5.73 Å². The van der Waals surface area contributed by atoms with Crippen molar-refractivity contribution in [3.63, 3.8) is 0 Å². The molecule has 1 aromatic rings. The number of anilines is 2. The number of nitrogens with one attached hydrogen (secondary N) is 1. The van der Waals surface area contributed by atoms with Crippen LogP contribution in [0.5, 0.6) is 0 Å². The third-order valence-corrected chi connectivity index (χ3v) is 2.44. The minimum absolute atomic E-state index is 0.210. The average Bonchev–Trinajstić information content (AvgIpc) is 2.21. The molecule has 1 heterocycles. The number of rotatable bonds is 4. The lowest BCUT2D eigenvalue weighted by molar-refractivity contribution is -0.141. The molecule has 11 heteroatoms. The highest BCUT2D eigenvalue weighted by Crippen LogP contribution is 2.30. The van der Waals surface area contributed by atoms with Crippen molar-refractivity contribution in [3.8, 4) is 0 Å². The summed E-state index contributed by atoms with van der Waals surface area (Å²) in [4.78, 5) is 6.44. The maximum absolute atomic E-state index is 12.4. The Balaban J connectivity index is 2.62. The van der Waals surface area contributed by atoms with E-state index in [-0.39, 0.29) is 29.9 Å². The maximum Gasteiger partial charge on any atom is 0.441 e. The van der Waals surface area contributed by atoms with Gasteiger partial charge in [0.25, 0.3) is 0 Å². The first kappa shape index (κ1) is 15.7. The van der Waals surface area contributed by atoms with Crippen molar-refractivity contribution in [2.24, 2.45) is 0 Å². The average molecular weight is 306 g/mol. The zero-order valence-electron chi connectivity index (χ0n) is 9.14. The zero-order chi connectivity index (χ0) is 14.7. The van der Waals surface area contributed by atoms with Gasteiger partial charge in [-0.3, -0.25) is 0 Å². The van der Waals surface area contributed by atoms with Gasteiger partial charge in [0.05, 0.1) is 0 Å². The minimum Gasteiger partial charge on any atom is -0.369 e. The standard InChI is InChI=1S/C8H8F6N4S/c9-7(10,11)4-3-5(18-6(15)17-4)16-1-2-19-8(12,13)14/h3H,1-2H2,(H3,15,16,17,18). The molecule has 108 valence electrons. The maximum atomic E-state index is 12.4. The summed E-state index contributed by atoms with van der Waals surface area (Å²) in [5, 5.41) is 2.32. The molecule has 1 aromatic heterocycles. The summed E-state index contributed by atoms with van der Waals surface area (Å²) in [6.07, 6.45) is -4.70. The number of nitrogens with zero attached hydrogens (tertiary/aromatic N) is 2. The van der Waals surface area contributed by atoms with Gasteiger partial charge in [-0.2, -0.15) is 31.3 Å². The highest BCUT2D eigenvalue weighted by molar-refractivity contribution is 8.00. The molecule has 0 amide bonds. The Morgan fingerprint density at radius 3 is 2.32 bits per heavy atom. The van der Waals surface area contributed by atoms with E-state index in [1.54, 1.807) is 0 Å². The summed E-state index contributed by atoms with van der Waals surface area (Å²) < 4.78 is 72.5. The van der Waals surface area contributed by atoms with Crippen molar-refractivity contribution in [1.29, 1.82) is 0 Å². The summed E-state index contributed by atoms with van der Waals surface area (Å²) in [6.45, 7) is -0.210. The van der Waals surface area contributed by atoms with Crippen LogP contribution >= 0.6 is 11.8 Å². The normalized spacial score (nSPS) is 12.5. The number of hydrogen-bond donors (Lipinski definition) is 2. The second-order valence-corrected chi connectivity index (χ2v) is 4.38. The summed E-state index contributed by atoms with van der Waals surface area (Å²) in [7, 11) is 0. The fraction of sp³-hybridized carbons (Fsp3) is 0.500. The molecule has 0 saturated heterocycles. The number of alkyl halides is 6. The lowest BCUT2D eigenvalue weighted by atomic mass is 10.4. The van der Waals surface area contributed by atoms with E-state index in [1.807, 2.05) is 0 Å². The van der Waals surface area contributed by atoms with E-state index in [0.717, 1.165) is 0 Å². The van der Waals surface area contributed by atoms with E-state index in [9.17, 15) is 26.3 Å². The summed E-state index contributed by atoms with van der Waals surface area (Å²) in [5.41, 5.74) is -0.562. The van der Waals surface area contributed by atoms with Gasteiger partial charge in [-0.1, -0.05) is 0 Å². The predicted octanol–water partition coefficient (Wildman–Crippen LogP) is 2.74. The Morgan fingerprint density at radius 1 is 1.16 bits per heavy atom. The molecule has 3 N–H and O–H groups in total. The van der Waals surface area contributed by atoms with Crippen molar-refractivity contribution < 1.29 is 26.3 Å². The molecule has 0 saturated carbocycles. The van der Waals surface area contributed by atoms with E-state index in [0.29, 0.717) is 6.07 Å². The van der Waals surface area contributed by atoms with E-state index in [1.165, 1.54) is 0 Å². The number of nitrogens with two attached hydrogens (primary N) is 1. The third-order valence-electron chi connectivity index (χ3n) is 1.71. The summed E-state index contributed by atoms with van der Waals surface area (Å²) in [5.74, 6) is -1.25. The SMILES string of the molecule is Nc1nc(NCCSC(F)(F)F)cc(C(F)(F)F)n1. The molecule has 0 fully saturated rings. The largest absolute Gasteiger partial charge is 0.441 e. The third kappa shape index (κ3) is 5.85. The van der Waals surface area contributed by atoms with Gasteiger partial charge in [-0.05, 0) is 11.8 Å². The minimum atomic E-state index is -4.70. The number of aromatic nitrogens is 2. The van der Waals surface area contributed by atoms with Crippen LogP contribution in [0.1, 0.15) is 5.69 Å². The number of nitrogen functional groups attached to an aromatic ring is 1. The van der Waals surface area contributed by atoms with Gasteiger partial charge >= 0.3 is 11.7 Å². The van der Waals surface area contributed by atoms with Gasteiger partial charge in [0, 0.05) is 18.4 Å². The second-order valence-electron chi connectivity index (χ2n) is 3.22. The van der Waals surface area contributed by atoms with Crippen LogP contribution in [0.3, 0.4) is 0 Å². The van der Waals surface area contributed by atoms with Gasteiger partial charge in [-0.15, -0.1) is 0 Å². The molecule has 19 heavy (non-hydrogen) atoms. The topological polar surface area (TPSA) is 63.8 Å². The Kier molecular flexibility index (Phi) is 4.71. The van der Waals surface area contributed by atoms with E-state index < -0.39 is 23.3 Å². The first-order valence-corrected chi connectivity index (χ1v) is 5.73. The van der Waals surface area contributed by atoms with Crippen molar-refractivity contribution in [1.82, 2.24) is 9.97 Å². The molecule has 0 radical (unpaired) electrons. The highest BCUT2D eigenvalue weighted by Gasteiger charge is 2.33. The van der Waals surface area contributed by atoms with Crippen LogP contribution in [-0.4, -0.2) is 27.8 Å². The molecule has 0 aromatic carbocycles. The van der Waals surface area contributed by atoms with Gasteiger partial charge in [0.2, 0.25) is 5.95 Å². The Hall–Kier alpha value is -1.39. The van der Waals surface area contributed by atoms with Crippen molar-refractivity contribution >= 4 is 23.5 Å². The van der Waals surface area contributed by atoms with Crippen LogP contribution in [0, 0.1) is 0 Å². The number of thioether (sulfide) groups is 1. The molecule has 0 aliphatic carbocycles. The monoisotopic (exact) mass is 306 g/mol. The fourth-order valence-corrected chi connectivity index (χ4v) is 1.48. The summed E-state index contributed by atoms with van der Waals surface area (Å²) >= 11 is -0.293. The van der Waals surface area contributed by atoms with Crippen molar-refractivity contribution in [2.75, 3.05) is 23.3 Å². The fourth-order valence-electron chi connectivity index (χ4n) is 1.05. The van der Waals surface area contributed by atoms with Crippen LogP contribution in [-0.2, 0) is 6.18 Å². The van der Waals surface area contributed by atoms with Crippen LogP contribution < -0.4 is 11.1 Å². The van der Waals surface area contributed by atoms with Crippen molar-refractivity contribution in [2.45, 2.75) is 11.7 Å². The lowest BCUT2D eigenvalue weighted by Crippen LogP contribution is -2.15. The molecule has 4 nitrogen and oxygen atoms in total. The second kappa shape index (κ2) is 5.72.